The second-order valence-electron chi connectivity index (χ2n) is 9.33. The molecule has 4 heterocycles. The number of ether oxygens (including phenoxy) is 4. The fourth-order valence-corrected chi connectivity index (χ4v) is 6.18. The number of aromatic nitrogens is 3. The van der Waals surface area contributed by atoms with E-state index in [1.165, 1.54) is 48.0 Å². The zero-order valence-corrected chi connectivity index (χ0v) is 23.0. The van der Waals surface area contributed by atoms with Crippen molar-refractivity contribution in [3.63, 3.8) is 0 Å². The first-order chi connectivity index (χ1) is 20.4. The number of methoxy groups -OCH3 is 1. The lowest BCUT2D eigenvalue weighted by atomic mass is 9.92. The van der Waals surface area contributed by atoms with Crippen LogP contribution in [0.15, 0.2) is 48.8 Å². The Morgan fingerprint density at radius 2 is 1.98 bits per heavy atom. The van der Waals surface area contributed by atoms with Gasteiger partial charge in [-0.25, -0.2) is 18.5 Å². The molecular weight excluding hydrogens is 598 g/mol. The largest absolute Gasteiger partial charge is 0.481 e. The van der Waals surface area contributed by atoms with E-state index in [1.807, 2.05) is 11.2 Å². The van der Waals surface area contributed by atoms with Gasteiger partial charge in [-0.05, 0) is 24.3 Å². The van der Waals surface area contributed by atoms with Gasteiger partial charge in [-0.3, -0.25) is 14.1 Å². The van der Waals surface area contributed by atoms with Gasteiger partial charge < -0.3 is 39.4 Å². The number of aliphatic carboxylic acids is 2. The predicted octanol–water partition coefficient (Wildman–Crippen LogP) is 1.16. The molecule has 2 aliphatic rings. The number of carboxylic acid groups (broad SMARTS) is 2. The summed E-state index contributed by atoms with van der Waals surface area (Å²) in [6, 6.07) is 10.1. The highest BCUT2D eigenvalue weighted by Gasteiger charge is 2.72. The van der Waals surface area contributed by atoms with Crippen molar-refractivity contribution in [2.24, 2.45) is 0 Å². The first-order valence-electron chi connectivity index (χ1n) is 12.4. The summed E-state index contributed by atoms with van der Waals surface area (Å²) in [4.78, 5) is 26.9. The van der Waals surface area contributed by atoms with E-state index < -0.39 is 68.9 Å². The molecular formula is C24H24FN6O11P. The molecule has 0 saturated carbocycles. The van der Waals surface area contributed by atoms with Gasteiger partial charge in [0.1, 0.15) is 42.4 Å². The molecule has 5 N–H and O–H groups in total. The number of anilines is 1. The number of hydrogen-bond donors (Lipinski definition) is 4. The van der Waals surface area contributed by atoms with Crippen molar-refractivity contribution in [2.45, 2.75) is 42.6 Å². The van der Waals surface area contributed by atoms with Gasteiger partial charge in [0.2, 0.25) is 5.60 Å². The van der Waals surface area contributed by atoms with Crippen LogP contribution in [0.25, 0.3) is 5.52 Å². The maximum Gasteiger partial charge on any atom is 0.459 e. The molecule has 43 heavy (non-hydrogen) atoms. The molecule has 0 amide bonds. The van der Waals surface area contributed by atoms with Crippen LogP contribution in [0.3, 0.4) is 0 Å². The van der Waals surface area contributed by atoms with Crippen LogP contribution in [0.1, 0.15) is 12.1 Å². The number of nitrogens with zero attached hydrogens (tertiary/aromatic N) is 4. The Kier molecular flexibility index (Phi) is 8.07. The summed E-state index contributed by atoms with van der Waals surface area (Å²) in [7, 11) is -3.68. The molecule has 2 aliphatic heterocycles. The third-order valence-electron chi connectivity index (χ3n) is 6.56. The first kappa shape index (κ1) is 30.3. The zero-order chi connectivity index (χ0) is 31.0. The van der Waals surface area contributed by atoms with Crippen molar-refractivity contribution in [3.05, 3.63) is 54.5 Å². The van der Waals surface area contributed by atoms with Crippen molar-refractivity contribution in [3.8, 4) is 11.8 Å². The number of hydrogen-bond acceptors (Lipinski definition) is 13. The van der Waals surface area contributed by atoms with E-state index in [-0.39, 0.29) is 22.8 Å². The van der Waals surface area contributed by atoms with Crippen LogP contribution in [0.5, 0.6) is 5.75 Å². The highest BCUT2D eigenvalue weighted by Crippen LogP contribution is 2.54. The molecule has 2 aromatic heterocycles. The molecule has 3 aromatic rings. The monoisotopic (exact) mass is 622 g/mol. The lowest BCUT2D eigenvalue weighted by molar-refractivity contribution is -0.296. The summed E-state index contributed by atoms with van der Waals surface area (Å²) in [5, 5.41) is 35.1. The van der Waals surface area contributed by atoms with Gasteiger partial charge in [-0.2, -0.15) is 15.4 Å². The summed E-state index contributed by atoms with van der Waals surface area (Å²) in [5.41, 5.74) is 3.88. The molecule has 5 rings (SSSR count). The normalized spacial score (nSPS) is 28.5. The Hall–Kier alpha value is -4.21. The number of nitrogen functional groups attached to an aromatic ring is 1. The van der Waals surface area contributed by atoms with Crippen molar-refractivity contribution in [1.82, 2.24) is 19.7 Å². The zero-order valence-electron chi connectivity index (χ0n) is 22.1. The number of nitrogens with one attached hydrogen (secondary N) is 1. The van der Waals surface area contributed by atoms with Crippen LogP contribution in [0, 0.1) is 11.3 Å². The number of fused-ring (bicyclic) bond motifs is 2. The lowest BCUT2D eigenvalue weighted by Crippen LogP contribution is -2.44. The second kappa shape index (κ2) is 11.5. The lowest BCUT2D eigenvalue weighted by Gasteiger charge is -2.30. The van der Waals surface area contributed by atoms with E-state index >= 15 is 4.39 Å². The highest BCUT2D eigenvalue weighted by atomic mass is 31.2. The number of carboxylic acids is 2. The van der Waals surface area contributed by atoms with Gasteiger partial charge in [0.25, 0.3) is 12.3 Å². The quantitative estimate of drug-likeness (QED) is 0.207. The van der Waals surface area contributed by atoms with Gasteiger partial charge in [0, 0.05) is 7.11 Å². The molecule has 0 spiro atoms. The number of para-hydroxylation sites is 1. The number of benzene rings is 1. The minimum Gasteiger partial charge on any atom is -0.481 e. The number of alkyl halides is 1. The molecule has 228 valence electrons. The maximum absolute atomic E-state index is 16.9. The molecule has 2 fully saturated rings. The van der Waals surface area contributed by atoms with E-state index in [2.05, 4.69) is 10.1 Å². The van der Waals surface area contributed by atoms with Crippen molar-refractivity contribution < 1.29 is 56.8 Å². The van der Waals surface area contributed by atoms with Crippen LogP contribution < -0.4 is 15.3 Å². The summed E-state index contributed by atoms with van der Waals surface area (Å²) in [5.74, 6) is -6.38. The van der Waals surface area contributed by atoms with Gasteiger partial charge in [0.15, 0.2) is 11.9 Å². The van der Waals surface area contributed by atoms with Gasteiger partial charge in [0.05, 0.1) is 12.1 Å². The molecule has 17 nitrogen and oxygen atoms in total. The number of carbonyl (C=O) groups is 2. The maximum atomic E-state index is 16.9. The van der Waals surface area contributed by atoms with Crippen LogP contribution >= 0.6 is 7.75 Å². The molecule has 1 aromatic carbocycles. The predicted molar refractivity (Wildman–Crippen MR) is 138 cm³/mol. The highest BCUT2D eigenvalue weighted by molar-refractivity contribution is 7.52. The summed E-state index contributed by atoms with van der Waals surface area (Å²) in [6.45, 7) is -2.74. The van der Waals surface area contributed by atoms with Gasteiger partial charge in [-0.1, -0.05) is 18.2 Å². The topological polar surface area (TPSA) is 239 Å². The Bertz CT molecular complexity index is 1620. The summed E-state index contributed by atoms with van der Waals surface area (Å²) >= 11 is 0. The minimum atomic E-state index is -4.88. The molecule has 7 atom stereocenters. The van der Waals surface area contributed by atoms with Crippen LogP contribution in [0.2, 0.25) is 0 Å². The van der Waals surface area contributed by atoms with Gasteiger partial charge >= 0.3 is 19.7 Å². The number of halogens is 1. The fourth-order valence-electron chi connectivity index (χ4n) is 4.67. The standard InChI is InChI=1S/C24H24FN6O11P/c1-37-22-39-18-19(40-22)24(25,42-23(18,10-26)16-8-7-15-20(27)28-12-29-31(15)16)11-38-43(36,41-13-5-3-2-4-6-13)30-14(21(34)35)9-17(32)33/h2-8,12,14,18-19,22H,9,11H2,1H3,(H,30,36)(H,32,33)(H,34,35)(H2,27,28,29)/t14?,18-,19+,22?,23+,24-,43?/m1/s1. The molecule has 2 saturated heterocycles. The first-order valence-corrected chi connectivity index (χ1v) is 13.9. The van der Waals surface area contributed by atoms with Crippen molar-refractivity contribution in [1.29, 1.82) is 5.26 Å². The van der Waals surface area contributed by atoms with Crippen LogP contribution in [0.4, 0.5) is 10.2 Å². The number of rotatable bonds is 12. The van der Waals surface area contributed by atoms with E-state index in [4.69, 9.17) is 38.8 Å². The van der Waals surface area contributed by atoms with E-state index in [0.29, 0.717) is 0 Å². The Morgan fingerprint density at radius 3 is 2.63 bits per heavy atom. The molecule has 3 unspecified atom stereocenters. The van der Waals surface area contributed by atoms with E-state index in [1.54, 1.807) is 6.07 Å². The minimum absolute atomic E-state index is 0.0248. The Morgan fingerprint density at radius 1 is 1.26 bits per heavy atom. The average Bonchev–Trinajstić information content (AvgIpc) is 3.66. The Labute approximate surface area is 241 Å². The van der Waals surface area contributed by atoms with Crippen molar-refractivity contribution in [2.75, 3.05) is 19.5 Å². The third kappa shape index (κ3) is 5.62. The van der Waals surface area contributed by atoms with E-state index in [0.717, 1.165) is 6.33 Å². The molecule has 0 aliphatic carbocycles. The van der Waals surface area contributed by atoms with Crippen LogP contribution in [-0.2, 0) is 43.2 Å². The number of nitrogens with two attached hydrogens (primary N) is 1. The Balaban J connectivity index is 1.51. The summed E-state index contributed by atoms with van der Waals surface area (Å²) < 4.78 is 64.6. The molecule has 19 heteroatoms. The molecule has 0 radical (unpaired) electrons. The number of nitriles is 1. The van der Waals surface area contributed by atoms with Crippen molar-refractivity contribution >= 4 is 31.0 Å². The SMILES string of the molecule is COC1O[C@@H]2[C@H](O1)[C@@](F)(COP(=O)(NC(CC(=O)O)C(=O)O)Oc1ccccc1)O[C@@]2(C#N)c1ccc2c(N)ncnn12. The molecule has 0 bridgehead atoms. The second-order valence-corrected chi connectivity index (χ2v) is 11.0. The van der Waals surface area contributed by atoms with E-state index in [9.17, 15) is 24.5 Å². The smallest absolute Gasteiger partial charge is 0.459 e. The third-order valence-corrected chi connectivity index (χ3v) is 8.11. The van der Waals surface area contributed by atoms with Crippen LogP contribution in [-0.4, -0.2) is 81.0 Å². The average molecular weight is 622 g/mol. The summed E-state index contributed by atoms with van der Waals surface area (Å²) in [6.07, 6.45) is -3.16. The fraction of sp³-hybridized carbons (Fsp3) is 0.375. The van der Waals surface area contributed by atoms with Gasteiger partial charge in [-0.15, -0.1) is 0 Å².